The lowest BCUT2D eigenvalue weighted by Crippen LogP contribution is -2.45. The molecule has 0 radical (unpaired) electrons. The van der Waals surface area contributed by atoms with Gasteiger partial charge in [-0.2, -0.15) is 0 Å². The van der Waals surface area contributed by atoms with Gasteiger partial charge >= 0.3 is 0 Å². The smallest absolute Gasteiger partial charge is 0.192 e. The van der Waals surface area contributed by atoms with Gasteiger partial charge < -0.3 is 4.43 Å². The van der Waals surface area contributed by atoms with Crippen LogP contribution in [-0.2, 0) is 4.43 Å². The maximum Gasteiger partial charge on any atom is 0.192 e. The van der Waals surface area contributed by atoms with Crippen molar-refractivity contribution < 1.29 is 4.43 Å². The van der Waals surface area contributed by atoms with Gasteiger partial charge in [0.2, 0.25) is 0 Å². The van der Waals surface area contributed by atoms with Crippen LogP contribution in [0.25, 0.3) is 0 Å². The Bertz CT molecular complexity index is 246. The monoisotopic (exact) mass is 226 g/mol. The first-order chi connectivity index (χ1) is 6.62. The molecule has 1 fully saturated rings. The molecular weight excluding hydrogens is 200 g/mol. The van der Waals surface area contributed by atoms with Crippen molar-refractivity contribution in [3.8, 4) is 0 Å². The molecular formula is C13H26OSi. The summed E-state index contributed by atoms with van der Waals surface area (Å²) in [6, 6.07) is 0. The van der Waals surface area contributed by atoms with E-state index in [0.717, 1.165) is 0 Å². The fourth-order valence-corrected chi connectivity index (χ4v) is 2.82. The number of rotatable bonds is 4. The highest BCUT2D eigenvalue weighted by Crippen LogP contribution is 2.51. The predicted octanol–water partition coefficient (Wildman–Crippen LogP) is 4.36. The molecule has 1 aliphatic rings. The third-order valence-electron chi connectivity index (χ3n) is 4.17. The van der Waals surface area contributed by atoms with Crippen LogP contribution in [0.3, 0.4) is 0 Å². The van der Waals surface area contributed by atoms with Crippen molar-refractivity contribution >= 4 is 8.32 Å². The Kier molecular flexibility index (Phi) is 3.24. The first-order valence-electron chi connectivity index (χ1n) is 5.93. The summed E-state index contributed by atoms with van der Waals surface area (Å²) in [4.78, 5) is 0. The molecule has 1 rings (SSSR count). The van der Waals surface area contributed by atoms with Gasteiger partial charge in [-0.25, -0.2) is 0 Å². The fraction of sp³-hybridized carbons (Fsp3) is 0.846. The van der Waals surface area contributed by atoms with Gasteiger partial charge in [0.25, 0.3) is 0 Å². The highest BCUT2D eigenvalue weighted by molar-refractivity contribution is 6.74. The van der Waals surface area contributed by atoms with Crippen molar-refractivity contribution in [2.75, 3.05) is 0 Å². The molecule has 0 spiro atoms. The van der Waals surface area contributed by atoms with E-state index in [0.29, 0.717) is 10.5 Å². The van der Waals surface area contributed by atoms with Crippen molar-refractivity contribution in [3.05, 3.63) is 12.7 Å². The van der Waals surface area contributed by atoms with E-state index in [1.807, 2.05) is 6.08 Å². The average Bonchev–Trinajstić information content (AvgIpc) is 2.78. The highest BCUT2D eigenvalue weighted by atomic mass is 28.4. The third-order valence-corrected chi connectivity index (χ3v) is 8.62. The summed E-state index contributed by atoms with van der Waals surface area (Å²) in [6.45, 7) is 17.7. The van der Waals surface area contributed by atoms with E-state index >= 15 is 0 Å². The average molecular weight is 226 g/mol. The van der Waals surface area contributed by atoms with E-state index in [4.69, 9.17) is 4.43 Å². The molecule has 0 aromatic rings. The Morgan fingerprint density at radius 2 is 1.80 bits per heavy atom. The van der Waals surface area contributed by atoms with Crippen LogP contribution in [-0.4, -0.2) is 14.4 Å². The molecule has 0 N–H and O–H groups in total. The van der Waals surface area contributed by atoms with Crippen LogP contribution in [0, 0.1) is 5.41 Å². The summed E-state index contributed by atoms with van der Waals surface area (Å²) in [5.74, 6) is 0. The van der Waals surface area contributed by atoms with Crippen LogP contribution < -0.4 is 0 Å². The van der Waals surface area contributed by atoms with Crippen molar-refractivity contribution in [1.82, 2.24) is 0 Å². The fourth-order valence-electron chi connectivity index (χ4n) is 1.45. The maximum absolute atomic E-state index is 6.40. The second-order valence-corrected chi connectivity index (χ2v) is 11.4. The zero-order valence-electron chi connectivity index (χ0n) is 11.2. The molecule has 1 saturated carbocycles. The Hall–Kier alpha value is -0.0831. The minimum atomic E-state index is -1.63. The maximum atomic E-state index is 6.40. The Morgan fingerprint density at radius 1 is 1.33 bits per heavy atom. The summed E-state index contributed by atoms with van der Waals surface area (Å²) in [5.41, 5.74) is 0.386. The third kappa shape index (κ3) is 2.73. The number of hydrogen-bond acceptors (Lipinski definition) is 1. The van der Waals surface area contributed by atoms with Gasteiger partial charge in [-0.05, 0) is 36.4 Å². The molecule has 0 aromatic carbocycles. The normalized spacial score (nSPS) is 22.3. The molecule has 0 bridgehead atoms. The summed E-state index contributed by atoms with van der Waals surface area (Å²) in [6.07, 6.45) is 4.85. The van der Waals surface area contributed by atoms with Crippen molar-refractivity contribution in [1.29, 1.82) is 0 Å². The first kappa shape index (κ1) is 13.0. The second kappa shape index (κ2) is 3.74. The zero-order chi connectivity index (χ0) is 11.9. The second-order valence-electron chi connectivity index (χ2n) is 6.69. The highest BCUT2D eigenvalue weighted by Gasteiger charge is 2.48. The Labute approximate surface area is 96.0 Å². The molecule has 0 amide bonds. The minimum absolute atomic E-state index is 0.262. The van der Waals surface area contributed by atoms with Gasteiger partial charge in [0.15, 0.2) is 8.32 Å². The van der Waals surface area contributed by atoms with Gasteiger partial charge in [0.05, 0.1) is 6.10 Å². The van der Waals surface area contributed by atoms with E-state index in [1.54, 1.807) is 0 Å². The van der Waals surface area contributed by atoms with Crippen LogP contribution in [0.1, 0.15) is 40.5 Å². The Morgan fingerprint density at radius 3 is 2.07 bits per heavy atom. The van der Waals surface area contributed by atoms with Gasteiger partial charge in [0.1, 0.15) is 0 Å². The first-order valence-corrected chi connectivity index (χ1v) is 8.84. The largest absolute Gasteiger partial charge is 0.410 e. The van der Waals surface area contributed by atoms with Gasteiger partial charge in [0, 0.05) is 0 Å². The lowest BCUT2D eigenvalue weighted by atomic mass is 10.0. The van der Waals surface area contributed by atoms with Crippen molar-refractivity contribution in [3.63, 3.8) is 0 Å². The SMILES string of the molecule is C=CC(O[Si](C)(C)C(C)(C)C)C1(C)CC1. The standard InChI is InChI=1S/C13H26OSi/c1-8-11(13(5)9-10-13)14-15(6,7)12(2,3)4/h8,11H,1,9-10H2,2-7H3. The van der Waals surface area contributed by atoms with E-state index in [-0.39, 0.29) is 6.10 Å². The van der Waals surface area contributed by atoms with Crippen LogP contribution in [0.5, 0.6) is 0 Å². The van der Waals surface area contributed by atoms with Gasteiger partial charge in [-0.15, -0.1) is 6.58 Å². The topological polar surface area (TPSA) is 9.23 Å². The van der Waals surface area contributed by atoms with Crippen LogP contribution in [0.15, 0.2) is 12.7 Å². The molecule has 0 aromatic heterocycles. The molecule has 1 unspecified atom stereocenters. The molecule has 2 heteroatoms. The molecule has 1 aliphatic carbocycles. The van der Waals surface area contributed by atoms with Crippen LogP contribution in [0.4, 0.5) is 0 Å². The summed E-state index contributed by atoms with van der Waals surface area (Å²) in [5, 5.41) is 0.291. The Balaban J connectivity index is 2.71. The van der Waals surface area contributed by atoms with E-state index in [2.05, 4.69) is 47.4 Å². The van der Waals surface area contributed by atoms with Gasteiger partial charge in [-0.3, -0.25) is 0 Å². The van der Waals surface area contributed by atoms with E-state index in [9.17, 15) is 0 Å². The minimum Gasteiger partial charge on any atom is -0.410 e. The summed E-state index contributed by atoms with van der Waals surface area (Å²) >= 11 is 0. The van der Waals surface area contributed by atoms with Crippen LogP contribution in [0.2, 0.25) is 18.1 Å². The molecule has 0 heterocycles. The molecule has 1 atom stereocenters. The molecule has 1 nitrogen and oxygen atoms in total. The van der Waals surface area contributed by atoms with E-state index in [1.165, 1.54) is 12.8 Å². The predicted molar refractivity (Wildman–Crippen MR) is 69.6 cm³/mol. The van der Waals surface area contributed by atoms with Gasteiger partial charge in [-0.1, -0.05) is 33.8 Å². The van der Waals surface area contributed by atoms with Crippen LogP contribution >= 0.6 is 0 Å². The van der Waals surface area contributed by atoms with Crippen molar-refractivity contribution in [2.45, 2.75) is 64.8 Å². The molecule has 88 valence electrons. The lowest BCUT2D eigenvalue weighted by molar-refractivity contribution is 0.156. The summed E-state index contributed by atoms with van der Waals surface area (Å²) in [7, 11) is -1.63. The zero-order valence-corrected chi connectivity index (χ0v) is 12.2. The molecule has 0 saturated heterocycles. The molecule has 15 heavy (non-hydrogen) atoms. The molecule has 0 aliphatic heterocycles. The van der Waals surface area contributed by atoms with E-state index < -0.39 is 8.32 Å². The lowest BCUT2D eigenvalue weighted by Gasteiger charge is -2.40. The number of hydrogen-bond donors (Lipinski definition) is 0. The van der Waals surface area contributed by atoms with Crippen molar-refractivity contribution in [2.24, 2.45) is 5.41 Å². The summed E-state index contributed by atoms with van der Waals surface area (Å²) < 4.78 is 6.40. The quantitative estimate of drug-likeness (QED) is 0.511.